The molecule has 0 unspecified atom stereocenters. The van der Waals surface area contributed by atoms with Crippen molar-refractivity contribution in [2.75, 3.05) is 18.0 Å². The number of fused-ring (bicyclic) bond motifs is 1. The highest BCUT2D eigenvalue weighted by atomic mass is 32.1. The molecule has 11 nitrogen and oxygen atoms in total. The number of carboxylic acid groups (broad SMARTS) is 1. The molecule has 0 atom stereocenters. The number of aromatic nitrogens is 6. The maximum Gasteiger partial charge on any atom is 0.327 e. The molecule has 0 saturated carbocycles. The number of rotatable bonds is 6. The van der Waals surface area contributed by atoms with Gasteiger partial charge in [0.15, 0.2) is 17.3 Å². The lowest BCUT2D eigenvalue weighted by molar-refractivity contribution is -0.138. The van der Waals surface area contributed by atoms with E-state index in [2.05, 4.69) is 41.5 Å². The van der Waals surface area contributed by atoms with Gasteiger partial charge in [0.05, 0.1) is 0 Å². The van der Waals surface area contributed by atoms with Crippen LogP contribution in [0, 0.1) is 0 Å². The van der Waals surface area contributed by atoms with Gasteiger partial charge in [-0.15, -0.1) is 20.4 Å². The van der Waals surface area contributed by atoms with Gasteiger partial charge in [0.2, 0.25) is 11.0 Å². The molecule has 2 aliphatic heterocycles. The number of anilines is 1. The van der Waals surface area contributed by atoms with Gasteiger partial charge in [-0.1, -0.05) is 41.7 Å². The summed E-state index contributed by atoms with van der Waals surface area (Å²) < 4.78 is 19.1. The van der Waals surface area contributed by atoms with Crippen molar-refractivity contribution in [3.63, 3.8) is 0 Å². The molecule has 2 aromatic carbocycles. The average Bonchev–Trinajstić information content (AvgIpc) is 3.58. The number of hydrogen-bond acceptors (Lipinski definition) is 10. The number of hydrogen-bond donors (Lipinski definition) is 1. The molecular formula is C24H20FN7O4S. The highest BCUT2D eigenvalue weighted by molar-refractivity contribution is 7.18. The van der Waals surface area contributed by atoms with Crippen LogP contribution in [0.1, 0.15) is 24.0 Å². The molecule has 13 heteroatoms. The molecule has 37 heavy (non-hydrogen) atoms. The minimum Gasteiger partial charge on any atom is -0.482 e. The first-order valence-corrected chi connectivity index (χ1v) is 12.3. The molecule has 6 rings (SSSR count). The van der Waals surface area contributed by atoms with E-state index in [0.717, 1.165) is 45.2 Å². The zero-order chi connectivity index (χ0) is 25.4. The van der Waals surface area contributed by atoms with Gasteiger partial charge in [-0.25, -0.2) is 0 Å². The lowest BCUT2D eigenvalue weighted by Gasteiger charge is -2.43. The molecule has 2 aliphatic rings. The van der Waals surface area contributed by atoms with Crippen LogP contribution in [-0.4, -0.2) is 60.2 Å². The van der Waals surface area contributed by atoms with E-state index in [1.807, 2.05) is 36.4 Å². The van der Waals surface area contributed by atoms with Crippen LogP contribution in [0.2, 0.25) is 0 Å². The molecule has 0 amide bonds. The van der Waals surface area contributed by atoms with Gasteiger partial charge in [-0.05, 0) is 40.6 Å². The van der Waals surface area contributed by atoms with Gasteiger partial charge in [-0.3, -0.25) is 9.74 Å². The highest BCUT2D eigenvalue weighted by Crippen LogP contribution is 2.44. The Hall–Kier alpha value is -4.39. The predicted octanol–water partition coefficient (Wildman–Crippen LogP) is 3.40. The largest absolute Gasteiger partial charge is 0.482 e. The number of piperidine rings is 1. The molecule has 1 N–H and O–H groups in total. The van der Waals surface area contributed by atoms with Crippen LogP contribution in [-0.2, 0) is 11.3 Å². The number of tetrazole rings is 1. The Morgan fingerprint density at radius 1 is 1.11 bits per heavy atom. The SMILES string of the molecule is O=C(O)Cn1nnc(-c2nnc(N3CCC4(C=C(c5ccc(OF)cc5)c5ccccc5O4)CC3)s2)n1. The summed E-state index contributed by atoms with van der Waals surface area (Å²) in [6.45, 7) is 1.00. The Kier molecular flexibility index (Phi) is 5.75. The van der Waals surface area contributed by atoms with Gasteiger partial charge >= 0.3 is 5.97 Å². The normalized spacial score (nSPS) is 16.1. The monoisotopic (exact) mass is 521 g/mol. The minimum absolute atomic E-state index is 0.156. The fourth-order valence-corrected chi connectivity index (χ4v) is 5.39. The van der Waals surface area contributed by atoms with E-state index < -0.39 is 11.6 Å². The van der Waals surface area contributed by atoms with Gasteiger partial charge in [0.1, 0.15) is 11.4 Å². The maximum absolute atomic E-state index is 12.6. The topological polar surface area (TPSA) is 128 Å². The van der Waals surface area contributed by atoms with E-state index in [1.165, 1.54) is 11.3 Å². The molecule has 0 aliphatic carbocycles. The van der Waals surface area contributed by atoms with Gasteiger partial charge in [0.25, 0.3) is 0 Å². The summed E-state index contributed by atoms with van der Waals surface area (Å²) in [5.41, 5.74) is 2.48. The van der Waals surface area contributed by atoms with Crippen molar-refractivity contribution in [2.45, 2.75) is 25.0 Å². The molecule has 4 heterocycles. The summed E-state index contributed by atoms with van der Waals surface area (Å²) in [7, 11) is 0. The summed E-state index contributed by atoms with van der Waals surface area (Å²) in [5, 5.41) is 30.2. The van der Waals surface area contributed by atoms with Gasteiger partial charge in [0, 0.05) is 36.0 Å². The van der Waals surface area contributed by atoms with E-state index in [1.54, 1.807) is 12.1 Å². The van der Waals surface area contributed by atoms with Crippen molar-refractivity contribution in [3.8, 4) is 22.3 Å². The van der Waals surface area contributed by atoms with Crippen LogP contribution >= 0.6 is 11.3 Å². The standard InChI is InChI=1S/C24H20FN7O4S/c25-36-16-7-5-15(6-8-16)18-13-24(35-19-4-2-1-3-17(18)19)9-11-31(12-10-24)23-28-27-22(37-23)21-26-30-32(29-21)14-20(33)34/h1-8,13H,9-12,14H2,(H,33,34). The molecule has 2 aromatic heterocycles. The minimum atomic E-state index is -1.06. The molecule has 4 aromatic rings. The third-order valence-corrected chi connectivity index (χ3v) is 7.35. The van der Waals surface area contributed by atoms with E-state index >= 15 is 0 Å². The number of carboxylic acids is 1. The van der Waals surface area contributed by atoms with Crippen molar-refractivity contribution in [1.29, 1.82) is 0 Å². The van der Waals surface area contributed by atoms with E-state index in [9.17, 15) is 9.32 Å². The molecular weight excluding hydrogens is 501 g/mol. The van der Waals surface area contributed by atoms with Crippen LogP contribution in [0.15, 0.2) is 54.6 Å². The average molecular weight is 522 g/mol. The third kappa shape index (κ3) is 4.48. The zero-order valence-corrected chi connectivity index (χ0v) is 20.1. The molecule has 1 fully saturated rings. The van der Waals surface area contributed by atoms with E-state index in [-0.39, 0.29) is 18.1 Å². The number of ether oxygens (including phenoxy) is 1. The predicted molar refractivity (Wildman–Crippen MR) is 131 cm³/mol. The van der Waals surface area contributed by atoms with Crippen molar-refractivity contribution in [3.05, 3.63) is 65.7 Å². The summed E-state index contributed by atoms with van der Waals surface area (Å²) in [6, 6.07) is 14.8. The summed E-state index contributed by atoms with van der Waals surface area (Å²) in [5.74, 6) is 0.152. The second kappa shape index (κ2) is 9.24. The number of benzene rings is 2. The third-order valence-electron chi connectivity index (χ3n) is 6.37. The van der Waals surface area contributed by atoms with Crippen molar-refractivity contribution >= 4 is 28.0 Å². The van der Waals surface area contributed by atoms with E-state index in [0.29, 0.717) is 18.1 Å². The van der Waals surface area contributed by atoms with Crippen molar-refractivity contribution < 1.29 is 24.1 Å². The number of halogens is 1. The van der Waals surface area contributed by atoms with Crippen molar-refractivity contribution in [2.24, 2.45) is 0 Å². The molecule has 188 valence electrons. The second-order valence-electron chi connectivity index (χ2n) is 8.74. The Bertz CT molecular complexity index is 1480. The lowest BCUT2D eigenvalue weighted by Crippen LogP contribution is -2.48. The molecule has 0 bridgehead atoms. The molecule has 1 spiro atoms. The smallest absolute Gasteiger partial charge is 0.327 e. The first-order valence-electron chi connectivity index (χ1n) is 11.5. The Labute approximate surface area is 213 Å². The molecule has 0 radical (unpaired) electrons. The van der Waals surface area contributed by atoms with Crippen LogP contribution in [0.3, 0.4) is 0 Å². The highest BCUT2D eigenvalue weighted by Gasteiger charge is 2.39. The lowest BCUT2D eigenvalue weighted by atomic mass is 9.83. The Morgan fingerprint density at radius 3 is 2.65 bits per heavy atom. The van der Waals surface area contributed by atoms with Gasteiger partial charge < -0.3 is 14.7 Å². The number of aliphatic carboxylic acids is 1. The van der Waals surface area contributed by atoms with Crippen LogP contribution < -0.4 is 14.6 Å². The number of para-hydroxylation sites is 1. The summed E-state index contributed by atoms with van der Waals surface area (Å²) in [6.07, 6.45) is 3.62. The van der Waals surface area contributed by atoms with Gasteiger partial charge in [-0.2, -0.15) is 4.80 Å². The van der Waals surface area contributed by atoms with Crippen LogP contribution in [0.25, 0.3) is 16.4 Å². The first kappa shape index (κ1) is 23.0. The maximum atomic E-state index is 12.6. The Morgan fingerprint density at radius 2 is 1.89 bits per heavy atom. The Balaban J connectivity index is 1.22. The zero-order valence-electron chi connectivity index (χ0n) is 19.3. The second-order valence-corrected chi connectivity index (χ2v) is 9.69. The number of carbonyl (C=O) groups is 1. The van der Waals surface area contributed by atoms with Crippen molar-refractivity contribution in [1.82, 2.24) is 30.4 Å². The van der Waals surface area contributed by atoms with Crippen LogP contribution in [0.4, 0.5) is 9.66 Å². The quantitative estimate of drug-likeness (QED) is 0.403. The summed E-state index contributed by atoms with van der Waals surface area (Å²) in [4.78, 5) is 17.8. The van der Waals surface area contributed by atoms with Crippen LogP contribution in [0.5, 0.6) is 11.5 Å². The molecule has 1 saturated heterocycles. The fourth-order valence-electron chi connectivity index (χ4n) is 4.57. The van der Waals surface area contributed by atoms with E-state index in [4.69, 9.17) is 9.84 Å². The summed E-state index contributed by atoms with van der Waals surface area (Å²) >= 11 is 1.33. The first-order chi connectivity index (χ1) is 18.0. The fraction of sp³-hybridized carbons (Fsp3) is 0.250. The number of nitrogens with zero attached hydrogens (tertiary/aromatic N) is 7.